The van der Waals surface area contributed by atoms with Crippen LogP contribution in [0.5, 0.6) is 5.75 Å². The molecular weight excluding hydrogens is 219 g/mol. The highest BCUT2D eigenvalue weighted by molar-refractivity contribution is 6.09. The summed E-state index contributed by atoms with van der Waals surface area (Å²) in [4.78, 5) is 12.0. The summed E-state index contributed by atoms with van der Waals surface area (Å²) in [6.07, 6.45) is 0. The third-order valence-corrected chi connectivity index (χ3v) is 2.57. The maximum absolute atomic E-state index is 12.7. The number of phenolic OH excluding ortho intramolecular Hbond substituents is 1. The van der Waals surface area contributed by atoms with E-state index in [0.29, 0.717) is 16.7 Å². The fourth-order valence-corrected chi connectivity index (χ4v) is 1.56. The van der Waals surface area contributed by atoms with Crippen molar-refractivity contribution in [2.75, 3.05) is 0 Å². The molecule has 0 aliphatic rings. The topological polar surface area (TPSA) is 37.3 Å². The molecule has 0 aromatic heterocycles. The van der Waals surface area contributed by atoms with Crippen LogP contribution < -0.4 is 0 Å². The Morgan fingerprint density at radius 2 is 1.65 bits per heavy atom. The van der Waals surface area contributed by atoms with E-state index in [-0.39, 0.29) is 17.3 Å². The van der Waals surface area contributed by atoms with Crippen LogP contribution in [0.2, 0.25) is 0 Å². The van der Waals surface area contributed by atoms with Gasteiger partial charge in [0.2, 0.25) is 0 Å². The summed E-state index contributed by atoms with van der Waals surface area (Å²) in [5.74, 6) is -0.405. The van der Waals surface area contributed by atoms with Gasteiger partial charge in [0.15, 0.2) is 5.78 Å². The van der Waals surface area contributed by atoms with E-state index in [1.54, 1.807) is 19.1 Å². The summed E-state index contributed by atoms with van der Waals surface area (Å²) in [5, 5.41) is 9.37. The Labute approximate surface area is 98.3 Å². The lowest BCUT2D eigenvalue weighted by Crippen LogP contribution is -2.01. The lowest BCUT2D eigenvalue weighted by molar-refractivity contribution is 0.103. The molecule has 3 heteroatoms. The van der Waals surface area contributed by atoms with Crippen molar-refractivity contribution in [3.63, 3.8) is 0 Å². The highest BCUT2D eigenvalue weighted by Crippen LogP contribution is 2.19. The molecule has 2 nitrogen and oxygen atoms in total. The maximum atomic E-state index is 12.7. The van der Waals surface area contributed by atoms with Crippen LogP contribution in [0.25, 0.3) is 0 Å². The fraction of sp³-hybridized carbons (Fsp3) is 0.0714. The molecule has 2 aromatic carbocycles. The van der Waals surface area contributed by atoms with E-state index in [4.69, 9.17) is 0 Å². The molecule has 0 atom stereocenters. The molecule has 0 saturated heterocycles. The Morgan fingerprint density at radius 1 is 1.06 bits per heavy atom. The summed E-state index contributed by atoms with van der Waals surface area (Å²) in [6, 6.07) is 10.0. The van der Waals surface area contributed by atoms with Crippen LogP contribution in [0.3, 0.4) is 0 Å². The van der Waals surface area contributed by atoms with Gasteiger partial charge in [-0.05, 0) is 55.0 Å². The van der Waals surface area contributed by atoms with Crippen molar-refractivity contribution in [1.82, 2.24) is 0 Å². The first-order chi connectivity index (χ1) is 8.08. The van der Waals surface area contributed by atoms with Crippen molar-refractivity contribution in [3.8, 4) is 5.75 Å². The van der Waals surface area contributed by atoms with Gasteiger partial charge in [-0.1, -0.05) is 0 Å². The Morgan fingerprint density at radius 3 is 2.24 bits per heavy atom. The van der Waals surface area contributed by atoms with E-state index in [1.165, 1.54) is 30.3 Å². The zero-order valence-electron chi connectivity index (χ0n) is 9.27. The van der Waals surface area contributed by atoms with Crippen molar-refractivity contribution >= 4 is 5.78 Å². The van der Waals surface area contributed by atoms with Crippen LogP contribution in [-0.4, -0.2) is 10.9 Å². The van der Waals surface area contributed by atoms with E-state index < -0.39 is 0 Å². The van der Waals surface area contributed by atoms with Gasteiger partial charge in [0, 0.05) is 11.1 Å². The van der Waals surface area contributed by atoms with E-state index >= 15 is 0 Å². The molecule has 0 aliphatic heterocycles. The second-order valence-electron chi connectivity index (χ2n) is 3.84. The monoisotopic (exact) mass is 230 g/mol. The Kier molecular flexibility index (Phi) is 2.91. The molecule has 0 aliphatic carbocycles. The summed E-state index contributed by atoms with van der Waals surface area (Å²) in [7, 11) is 0. The van der Waals surface area contributed by atoms with E-state index in [9.17, 15) is 14.3 Å². The Hall–Kier alpha value is -2.16. The summed E-state index contributed by atoms with van der Waals surface area (Å²) < 4.78 is 12.7. The number of ketones is 1. The second kappa shape index (κ2) is 4.37. The molecule has 2 rings (SSSR count). The first kappa shape index (κ1) is 11.3. The molecule has 1 N–H and O–H groups in total. The normalized spacial score (nSPS) is 10.2. The molecule has 0 saturated carbocycles. The minimum atomic E-state index is -0.372. The van der Waals surface area contributed by atoms with E-state index in [2.05, 4.69) is 0 Å². The molecule has 0 unspecified atom stereocenters. The molecule has 0 heterocycles. The third kappa shape index (κ3) is 2.33. The number of phenols is 1. The van der Waals surface area contributed by atoms with Crippen molar-refractivity contribution in [2.45, 2.75) is 6.92 Å². The minimum Gasteiger partial charge on any atom is -0.508 e. The number of benzene rings is 2. The zero-order chi connectivity index (χ0) is 12.4. The van der Waals surface area contributed by atoms with Gasteiger partial charge in [-0.15, -0.1) is 0 Å². The van der Waals surface area contributed by atoms with Gasteiger partial charge in [0.1, 0.15) is 11.6 Å². The smallest absolute Gasteiger partial charge is 0.193 e. The minimum absolute atomic E-state index is 0.153. The second-order valence-corrected chi connectivity index (χ2v) is 3.84. The number of rotatable bonds is 2. The average molecular weight is 230 g/mol. The number of aromatic hydroxyl groups is 1. The lowest BCUT2D eigenvalue weighted by Gasteiger charge is -2.04. The lowest BCUT2D eigenvalue weighted by atomic mass is 10.0. The molecule has 2 aromatic rings. The molecule has 0 radical (unpaired) electrons. The predicted octanol–water partition coefficient (Wildman–Crippen LogP) is 3.07. The quantitative estimate of drug-likeness (QED) is 0.805. The van der Waals surface area contributed by atoms with Crippen molar-refractivity contribution in [1.29, 1.82) is 0 Å². The molecule has 0 amide bonds. The number of halogens is 1. The van der Waals surface area contributed by atoms with Gasteiger partial charge >= 0.3 is 0 Å². The first-order valence-electron chi connectivity index (χ1n) is 5.18. The summed E-state index contributed by atoms with van der Waals surface area (Å²) >= 11 is 0. The molecule has 86 valence electrons. The van der Waals surface area contributed by atoms with Gasteiger partial charge in [-0.2, -0.15) is 0 Å². The average Bonchev–Trinajstić information content (AvgIpc) is 2.33. The SMILES string of the molecule is Cc1cc(C(=O)c2ccc(F)cc2)ccc1O. The maximum Gasteiger partial charge on any atom is 0.193 e. The molecule has 17 heavy (non-hydrogen) atoms. The standard InChI is InChI=1S/C14H11FO2/c1-9-8-11(4-7-13(9)16)14(17)10-2-5-12(15)6-3-10/h2-8,16H,1H3. The first-order valence-corrected chi connectivity index (χ1v) is 5.18. The number of aryl methyl sites for hydroxylation is 1. The highest BCUT2D eigenvalue weighted by Gasteiger charge is 2.10. The number of hydrogen-bond acceptors (Lipinski definition) is 2. The summed E-state index contributed by atoms with van der Waals surface area (Å²) in [5.41, 5.74) is 1.54. The molecule has 0 bridgehead atoms. The van der Waals surface area contributed by atoms with E-state index in [0.717, 1.165) is 0 Å². The Bertz CT molecular complexity index is 559. The van der Waals surface area contributed by atoms with Crippen LogP contribution in [0.1, 0.15) is 21.5 Å². The van der Waals surface area contributed by atoms with Crippen molar-refractivity contribution in [3.05, 3.63) is 65.0 Å². The van der Waals surface area contributed by atoms with Gasteiger partial charge < -0.3 is 5.11 Å². The van der Waals surface area contributed by atoms with Gasteiger partial charge in [0.05, 0.1) is 0 Å². The van der Waals surface area contributed by atoms with Crippen LogP contribution >= 0.6 is 0 Å². The number of carbonyl (C=O) groups excluding carboxylic acids is 1. The van der Waals surface area contributed by atoms with Crippen LogP contribution in [0.15, 0.2) is 42.5 Å². The fourth-order valence-electron chi connectivity index (χ4n) is 1.56. The largest absolute Gasteiger partial charge is 0.508 e. The highest BCUT2D eigenvalue weighted by atomic mass is 19.1. The predicted molar refractivity (Wildman–Crippen MR) is 62.7 cm³/mol. The van der Waals surface area contributed by atoms with Crippen LogP contribution in [0.4, 0.5) is 4.39 Å². The molecule has 0 spiro atoms. The van der Waals surface area contributed by atoms with Gasteiger partial charge in [-0.3, -0.25) is 4.79 Å². The van der Waals surface area contributed by atoms with Crippen molar-refractivity contribution < 1.29 is 14.3 Å². The zero-order valence-corrected chi connectivity index (χ0v) is 9.27. The van der Waals surface area contributed by atoms with E-state index in [1.807, 2.05) is 0 Å². The number of carbonyl (C=O) groups is 1. The van der Waals surface area contributed by atoms with Crippen molar-refractivity contribution in [2.24, 2.45) is 0 Å². The molecular formula is C14H11FO2. The van der Waals surface area contributed by atoms with Gasteiger partial charge in [0.25, 0.3) is 0 Å². The Balaban J connectivity index is 2.37. The van der Waals surface area contributed by atoms with Crippen LogP contribution in [-0.2, 0) is 0 Å². The molecule has 0 fully saturated rings. The van der Waals surface area contributed by atoms with Gasteiger partial charge in [-0.25, -0.2) is 4.39 Å². The number of hydrogen-bond donors (Lipinski definition) is 1. The third-order valence-electron chi connectivity index (χ3n) is 2.57. The summed E-state index contributed by atoms with van der Waals surface area (Å²) in [6.45, 7) is 1.72. The van der Waals surface area contributed by atoms with Crippen LogP contribution in [0, 0.1) is 12.7 Å².